The third-order valence-corrected chi connectivity index (χ3v) is 4.20. The number of likely N-dealkylation sites (N-methyl/N-ethyl adjacent to an activating group) is 1. The van der Waals surface area contributed by atoms with Gasteiger partial charge in [0, 0.05) is 18.4 Å². The lowest BCUT2D eigenvalue weighted by Gasteiger charge is -2.21. The summed E-state index contributed by atoms with van der Waals surface area (Å²) in [5, 5.41) is 4.75. The Morgan fingerprint density at radius 1 is 1.25 bits per heavy atom. The molecule has 0 aliphatic carbocycles. The van der Waals surface area contributed by atoms with Gasteiger partial charge in [-0.1, -0.05) is 42.3 Å². The first kappa shape index (κ1) is 15.3. The van der Waals surface area contributed by atoms with E-state index < -0.39 is 0 Å². The van der Waals surface area contributed by atoms with E-state index in [2.05, 4.69) is 30.2 Å². The van der Waals surface area contributed by atoms with Gasteiger partial charge in [0.1, 0.15) is 0 Å². The normalized spacial score (nSPS) is 12.4. The van der Waals surface area contributed by atoms with Gasteiger partial charge in [-0.15, -0.1) is 0 Å². The van der Waals surface area contributed by atoms with Crippen LogP contribution in [-0.2, 0) is 6.42 Å². The highest BCUT2D eigenvalue weighted by atomic mass is 35.5. The fraction of sp³-hybridized carbons (Fsp3) is 0.312. The number of pyridine rings is 1. The Morgan fingerprint density at radius 2 is 2.05 bits per heavy atom. The van der Waals surface area contributed by atoms with Gasteiger partial charge in [0.2, 0.25) is 0 Å². The van der Waals surface area contributed by atoms with Crippen molar-refractivity contribution in [1.82, 2.24) is 10.3 Å². The van der Waals surface area contributed by atoms with E-state index in [-0.39, 0.29) is 6.04 Å². The zero-order valence-electron chi connectivity index (χ0n) is 11.7. The number of aryl methyl sites for hydroxylation is 1. The molecule has 0 saturated heterocycles. The molecule has 1 atom stereocenters. The van der Waals surface area contributed by atoms with Gasteiger partial charge in [-0.25, -0.2) is 0 Å². The molecule has 0 amide bonds. The van der Waals surface area contributed by atoms with Crippen molar-refractivity contribution < 1.29 is 0 Å². The maximum atomic E-state index is 6.29. The van der Waals surface area contributed by atoms with Gasteiger partial charge in [0.05, 0.1) is 10.0 Å². The molecule has 1 aromatic heterocycles. The fourth-order valence-corrected chi connectivity index (χ4v) is 2.74. The van der Waals surface area contributed by atoms with Gasteiger partial charge >= 0.3 is 0 Å². The number of hydrogen-bond donors (Lipinski definition) is 1. The first-order valence-electron chi connectivity index (χ1n) is 6.70. The standard InChI is InChI=1S/C16H18Cl2N2/c1-3-20-15(13-7-8-19-10-11(13)2)9-12-5-4-6-14(17)16(12)18/h4-8,10,15,20H,3,9H2,1-2H3. The molecule has 1 aromatic carbocycles. The van der Waals surface area contributed by atoms with Crippen LogP contribution in [0.25, 0.3) is 0 Å². The summed E-state index contributed by atoms with van der Waals surface area (Å²) in [6.07, 6.45) is 4.52. The van der Waals surface area contributed by atoms with Crippen LogP contribution in [0.2, 0.25) is 10.0 Å². The lowest BCUT2D eigenvalue weighted by molar-refractivity contribution is 0.547. The first-order valence-corrected chi connectivity index (χ1v) is 7.45. The second-order valence-corrected chi connectivity index (χ2v) is 5.54. The molecule has 1 N–H and O–H groups in total. The maximum absolute atomic E-state index is 6.29. The Balaban J connectivity index is 2.31. The van der Waals surface area contributed by atoms with Crippen molar-refractivity contribution in [2.24, 2.45) is 0 Å². The molecule has 4 heteroatoms. The molecule has 2 nitrogen and oxygen atoms in total. The van der Waals surface area contributed by atoms with Crippen molar-refractivity contribution in [2.45, 2.75) is 26.3 Å². The quantitative estimate of drug-likeness (QED) is 0.874. The highest BCUT2D eigenvalue weighted by molar-refractivity contribution is 6.42. The first-order chi connectivity index (χ1) is 9.63. The van der Waals surface area contributed by atoms with E-state index in [1.165, 1.54) is 11.1 Å². The summed E-state index contributed by atoms with van der Waals surface area (Å²) in [6, 6.07) is 8.04. The highest BCUT2D eigenvalue weighted by Gasteiger charge is 2.15. The van der Waals surface area contributed by atoms with E-state index in [1.807, 2.05) is 30.6 Å². The van der Waals surface area contributed by atoms with Crippen LogP contribution >= 0.6 is 23.2 Å². The second-order valence-electron chi connectivity index (χ2n) is 4.76. The molecule has 1 unspecified atom stereocenters. The third-order valence-electron chi connectivity index (χ3n) is 3.35. The van der Waals surface area contributed by atoms with Crippen LogP contribution in [0.5, 0.6) is 0 Å². The van der Waals surface area contributed by atoms with E-state index >= 15 is 0 Å². The van der Waals surface area contributed by atoms with E-state index in [4.69, 9.17) is 23.2 Å². The van der Waals surface area contributed by atoms with Gasteiger partial charge in [-0.3, -0.25) is 4.98 Å². The second kappa shape index (κ2) is 7.07. The van der Waals surface area contributed by atoms with E-state index in [9.17, 15) is 0 Å². The molecule has 0 aliphatic rings. The number of nitrogens with one attached hydrogen (secondary N) is 1. The van der Waals surface area contributed by atoms with Crippen LogP contribution in [0.1, 0.15) is 29.7 Å². The highest BCUT2D eigenvalue weighted by Crippen LogP contribution is 2.29. The summed E-state index contributed by atoms with van der Waals surface area (Å²) < 4.78 is 0. The Kier molecular flexibility index (Phi) is 5.41. The minimum atomic E-state index is 0.207. The zero-order valence-corrected chi connectivity index (χ0v) is 13.2. The maximum Gasteiger partial charge on any atom is 0.0624 e. The van der Waals surface area contributed by atoms with Gasteiger partial charge in [0.15, 0.2) is 0 Å². The fourth-order valence-electron chi connectivity index (χ4n) is 2.34. The van der Waals surface area contributed by atoms with Gasteiger partial charge < -0.3 is 5.32 Å². The van der Waals surface area contributed by atoms with Crippen LogP contribution < -0.4 is 5.32 Å². The summed E-state index contributed by atoms with van der Waals surface area (Å²) in [4.78, 5) is 4.15. The molecule has 0 aliphatic heterocycles. The molecule has 0 radical (unpaired) electrons. The lowest BCUT2D eigenvalue weighted by atomic mass is 9.96. The summed E-state index contributed by atoms with van der Waals surface area (Å²) in [6.45, 7) is 5.07. The van der Waals surface area contributed by atoms with E-state index in [0.717, 1.165) is 18.5 Å². The summed E-state index contributed by atoms with van der Waals surface area (Å²) >= 11 is 12.4. The molecule has 2 rings (SSSR count). The van der Waals surface area contributed by atoms with Gasteiger partial charge in [0.25, 0.3) is 0 Å². The predicted octanol–water partition coefficient (Wildman–Crippen LogP) is 4.59. The Morgan fingerprint density at radius 3 is 2.75 bits per heavy atom. The Bertz CT molecular complexity index is 584. The molecule has 2 aromatic rings. The van der Waals surface area contributed by atoms with E-state index in [1.54, 1.807) is 0 Å². The number of benzene rings is 1. The summed E-state index contributed by atoms with van der Waals surface area (Å²) in [5.74, 6) is 0. The molecule has 0 fully saturated rings. The van der Waals surface area contributed by atoms with Crippen molar-refractivity contribution in [3.63, 3.8) is 0 Å². The van der Waals surface area contributed by atoms with Crippen molar-refractivity contribution in [1.29, 1.82) is 0 Å². The lowest BCUT2D eigenvalue weighted by Crippen LogP contribution is -2.24. The van der Waals surface area contributed by atoms with Gasteiger partial charge in [-0.05, 0) is 48.7 Å². The summed E-state index contributed by atoms with van der Waals surface area (Å²) in [7, 11) is 0. The minimum Gasteiger partial charge on any atom is -0.310 e. The number of rotatable bonds is 5. The number of halogens is 2. The molecular weight excluding hydrogens is 291 g/mol. The van der Waals surface area contributed by atoms with Crippen LogP contribution in [0, 0.1) is 6.92 Å². The van der Waals surface area contributed by atoms with Crippen molar-refractivity contribution in [3.05, 3.63) is 63.4 Å². The predicted molar refractivity (Wildman–Crippen MR) is 85.6 cm³/mol. The minimum absolute atomic E-state index is 0.207. The molecule has 0 spiro atoms. The molecule has 20 heavy (non-hydrogen) atoms. The van der Waals surface area contributed by atoms with Crippen molar-refractivity contribution in [2.75, 3.05) is 6.54 Å². The average molecular weight is 309 g/mol. The van der Waals surface area contributed by atoms with E-state index in [0.29, 0.717) is 10.0 Å². The molecule has 106 valence electrons. The van der Waals surface area contributed by atoms with Crippen LogP contribution in [-0.4, -0.2) is 11.5 Å². The Labute approximate surface area is 130 Å². The SMILES string of the molecule is CCNC(Cc1cccc(Cl)c1Cl)c1ccncc1C. The molecule has 1 heterocycles. The monoisotopic (exact) mass is 308 g/mol. The summed E-state index contributed by atoms with van der Waals surface area (Å²) in [5.41, 5.74) is 3.48. The zero-order chi connectivity index (χ0) is 14.5. The topological polar surface area (TPSA) is 24.9 Å². The van der Waals surface area contributed by atoms with Gasteiger partial charge in [-0.2, -0.15) is 0 Å². The smallest absolute Gasteiger partial charge is 0.0624 e. The Hall–Kier alpha value is -1.09. The van der Waals surface area contributed by atoms with Crippen LogP contribution in [0.15, 0.2) is 36.7 Å². The number of hydrogen-bond acceptors (Lipinski definition) is 2. The molecular formula is C16H18Cl2N2. The molecule has 0 bridgehead atoms. The van der Waals surface area contributed by atoms with Crippen LogP contribution in [0.4, 0.5) is 0 Å². The van der Waals surface area contributed by atoms with Crippen LogP contribution in [0.3, 0.4) is 0 Å². The largest absolute Gasteiger partial charge is 0.310 e. The number of aromatic nitrogens is 1. The van der Waals surface area contributed by atoms with Crippen molar-refractivity contribution >= 4 is 23.2 Å². The number of nitrogens with zero attached hydrogens (tertiary/aromatic N) is 1. The molecule has 0 saturated carbocycles. The van der Waals surface area contributed by atoms with Crippen molar-refractivity contribution in [3.8, 4) is 0 Å². The average Bonchev–Trinajstić information content (AvgIpc) is 2.44. The third kappa shape index (κ3) is 3.51.